The monoisotopic (exact) mass is 720 g/mol. The number of allylic oxidation sites excluding steroid dienone is 6. The average molecular weight is 720 g/mol. The zero-order valence-corrected chi connectivity index (χ0v) is 33.6. The van der Waals surface area contributed by atoms with Crippen molar-refractivity contribution in [2.45, 2.75) is 237 Å². The van der Waals surface area contributed by atoms with E-state index in [1.165, 1.54) is 128 Å². The van der Waals surface area contributed by atoms with Gasteiger partial charge in [-0.3, -0.25) is 4.79 Å². The van der Waals surface area contributed by atoms with Crippen LogP contribution in [0.25, 0.3) is 0 Å². The molecule has 0 heterocycles. The van der Waals surface area contributed by atoms with E-state index in [2.05, 4.69) is 55.6 Å². The summed E-state index contributed by atoms with van der Waals surface area (Å²) in [6.45, 7) is 4.03. The summed E-state index contributed by atoms with van der Waals surface area (Å²) in [5.74, 6) is -0.607. The highest BCUT2D eigenvalue weighted by atomic mass is 16.3. The van der Waals surface area contributed by atoms with Gasteiger partial charge in [0.25, 0.3) is 0 Å². The largest absolute Gasteiger partial charge is 0.394 e. The Morgan fingerprint density at radius 3 is 1.24 bits per heavy atom. The quantitative estimate of drug-likeness (QED) is 0.0321. The first-order valence-electron chi connectivity index (χ1n) is 21.9. The number of aliphatic hydroxyl groups is 4. The van der Waals surface area contributed by atoms with Crippen molar-refractivity contribution in [1.29, 1.82) is 0 Å². The maximum absolute atomic E-state index is 12.5. The molecular formula is C45H85NO5. The van der Waals surface area contributed by atoms with Gasteiger partial charge in [0.05, 0.1) is 18.8 Å². The molecule has 0 bridgehead atoms. The molecule has 300 valence electrons. The SMILES string of the molecule is CCCCCCCCCCC/C=C\CCCCCCC(O)C(=O)NC(CO)C(O)C(O)CCC/C=C/CC/C=C/CCCCCCCCCCC. The van der Waals surface area contributed by atoms with Gasteiger partial charge in [0, 0.05) is 0 Å². The predicted octanol–water partition coefficient (Wildman–Crippen LogP) is 11.3. The van der Waals surface area contributed by atoms with E-state index in [4.69, 9.17) is 0 Å². The fourth-order valence-corrected chi connectivity index (χ4v) is 6.53. The molecule has 0 rings (SSSR count). The van der Waals surface area contributed by atoms with Crippen LogP contribution in [0.3, 0.4) is 0 Å². The van der Waals surface area contributed by atoms with E-state index < -0.39 is 36.9 Å². The molecule has 0 aliphatic rings. The lowest BCUT2D eigenvalue weighted by molar-refractivity contribution is -0.132. The van der Waals surface area contributed by atoms with Crippen molar-refractivity contribution in [3.05, 3.63) is 36.5 Å². The number of amides is 1. The van der Waals surface area contributed by atoms with Crippen molar-refractivity contribution < 1.29 is 25.2 Å². The Morgan fingerprint density at radius 1 is 0.471 bits per heavy atom. The van der Waals surface area contributed by atoms with Crippen molar-refractivity contribution in [2.24, 2.45) is 0 Å². The van der Waals surface area contributed by atoms with Crippen LogP contribution < -0.4 is 5.32 Å². The molecule has 0 fully saturated rings. The van der Waals surface area contributed by atoms with Crippen LogP contribution in [0, 0.1) is 0 Å². The lowest BCUT2D eigenvalue weighted by Crippen LogP contribution is -2.53. The molecular weight excluding hydrogens is 634 g/mol. The maximum atomic E-state index is 12.5. The van der Waals surface area contributed by atoms with Crippen LogP contribution in [0.4, 0.5) is 0 Å². The molecule has 6 heteroatoms. The third kappa shape index (κ3) is 34.1. The summed E-state index contributed by atoms with van der Waals surface area (Å²) in [6, 6.07) is -1.01. The highest BCUT2D eigenvalue weighted by Crippen LogP contribution is 2.14. The number of carbonyl (C=O) groups is 1. The van der Waals surface area contributed by atoms with Gasteiger partial charge < -0.3 is 25.7 Å². The van der Waals surface area contributed by atoms with Gasteiger partial charge in [-0.05, 0) is 77.0 Å². The lowest BCUT2D eigenvalue weighted by Gasteiger charge is -2.27. The molecule has 0 aliphatic carbocycles. The molecule has 0 saturated carbocycles. The van der Waals surface area contributed by atoms with E-state index in [9.17, 15) is 25.2 Å². The van der Waals surface area contributed by atoms with Gasteiger partial charge in [-0.1, -0.05) is 172 Å². The van der Waals surface area contributed by atoms with Crippen molar-refractivity contribution in [1.82, 2.24) is 5.32 Å². The number of hydrogen-bond acceptors (Lipinski definition) is 5. The summed E-state index contributed by atoms with van der Waals surface area (Å²) >= 11 is 0. The van der Waals surface area contributed by atoms with Crippen molar-refractivity contribution in [3.63, 3.8) is 0 Å². The van der Waals surface area contributed by atoms with E-state index in [-0.39, 0.29) is 0 Å². The first-order valence-corrected chi connectivity index (χ1v) is 21.9. The minimum Gasteiger partial charge on any atom is -0.394 e. The number of nitrogens with one attached hydrogen (secondary N) is 1. The summed E-state index contributed by atoms with van der Waals surface area (Å²) in [5.41, 5.74) is 0. The molecule has 0 aromatic heterocycles. The van der Waals surface area contributed by atoms with Crippen LogP contribution in [0.2, 0.25) is 0 Å². The second-order valence-corrected chi connectivity index (χ2v) is 15.0. The Labute approximate surface area is 316 Å². The Morgan fingerprint density at radius 2 is 0.824 bits per heavy atom. The number of aliphatic hydroxyl groups excluding tert-OH is 4. The zero-order chi connectivity index (χ0) is 37.5. The van der Waals surface area contributed by atoms with E-state index in [1.807, 2.05) is 0 Å². The van der Waals surface area contributed by atoms with E-state index in [0.717, 1.165) is 51.4 Å². The summed E-state index contributed by atoms with van der Waals surface area (Å²) < 4.78 is 0. The standard InChI is InChI=1S/C45H85NO5/c1-3-5-7-9-11-13-15-17-19-21-23-24-26-28-30-32-34-36-38-42(48)44(50)41(40-47)46-45(51)43(49)39-37-35-33-31-29-27-25-22-20-18-16-14-12-10-8-6-4-2/h23-25,27,30,32,41-44,47-50H,3-22,26,28-29,31,33-40H2,1-2H3,(H,46,51)/b24-23+,27-25-,32-30+. The maximum Gasteiger partial charge on any atom is 0.249 e. The van der Waals surface area contributed by atoms with E-state index in [1.54, 1.807) is 0 Å². The van der Waals surface area contributed by atoms with Crippen LogP contribution in [0.5, 0.6) is 0 Å². The van der Waals surface area contributed by atoms with Crippen molar-refractivity contribution >= 4 is 5.91 Å². The molecule has 4 unspecified atom stereocenters. The number of hydrogen-bond donors (Lipinski definition) is 5. The second kappa shape index (κ2) is 39.7. The van der Waals surface area contributed by atoms with E-state index >= 15 is 0 Å². The minimum absolute atomic E-state index is 0.346. The Kier molecular flexibility index (Phi) is 38.6. The molecule has 1 amide bonds. The Bertz CT molecular complexity index is 812. The van der Waals surface area contributed by atoms with Gasteiger partial charge in [-0.15, -0.1) is 0 Å². The van der Waals surface area contributed by atoms with Gasteiger partial charge in [-0.2, -0.15) is 0 Å². The summed E-state index contributed by atoms with van der Waals surface area (Å²) in [5, 5.41) is 43.6. The molecule has 0 radical (unpaired) electrons. The molecule has 0 aromatic carbocycles. The molecule has 0 aromatic rings. The van der Waals surface area contributed by atoms with Gasteiger partial charge in [-0.25, -0.2) is 0 Å². The first kappa shape index (κ1) is 49.5. The van der Waals surface area contributed by atoms with Crippen molar-refractivity contribution in [2.75, 3.05) is 6.61 Å². The number of unbranched alkanes of at least 4 members (excludes halogenated alkanes) is 24. The summed E-state index contributed by atoms with van der Waals surface area (Å²) in [6.07, 6.45) is 46.0. The minimum atomic E-state index is -1.29. The van der Waals surface area contributed by atoms with Gasteiger partial charge >= 0.3 is 0 Å². The van der Waals surface area contributed by atoms with Crippen LogP contribution in [-0.4, -0.2) is 57.3 Å². The number of rotatable bonds is 39. The van der Waals surface area contributed by atoms with Crippen molar-refractivity contribution in [3.8, 4) is 0 Å². The zero-order valence-electron chi connectivity index (χ0n) is 33.6. The smallest absolute Gasteiger partial charge is 0.249 e. The summed E-state index contributed by atoms with van der Waals surface area (Å²) in [4.78, 5) is 12.5. The van der Waals surface area contributed by atoms with Gasteiger partial charge in [0.2, 0.25) is 5.91 Å². The normalized spacial score (nSPS) is 14.5. The van der Waals surface area contributed by atoms with Gasteiger partial charge in [0.1, 0.15) is 12.2 Å². The van der Waals surface area contributed by atoms with Crippen LogP contribution >= 0.6 is 0 Å². The lowest BCUT2D eigenvalue weighted by atomic mass is 10.00. The third-order valence-electron chi connectivity index (χ3n) is 10.1. The second-order valence-electron chi connectivity index (χ2n) is 15.0. The van der Waals surface area contributed by atoms with Crippen LogP contribution in [0.1, 0.15) is 213 Å². The van der Waals surface area contributed by atoms with Crippen LogP contribution in [0.15, 0.2) is 36.5 Å². The highest BCUT2D eigenvalue weighted by Gasteiger charge is 2.28. The summed E-state index contributed by atoms with van der Waals surface area (Å²) in [7, 11) is 0. The average Bonchev–Trinajstić information content (AvgIpc) is 3.13. The fourth-order valence-electron chi connectivity index (χ4n) is 6.53. The number of carbonyl (C=O) groups excluding carboxylic acids is 1. The topological polar surface area (TPSA) is 110 Å². The Hall–Kier alpha value is -1.47. The van der Waals surface area contributed by atoms with Gasteiger partial charge in [0.15, 0.2) is 0 Å². The molecule has 0 saturated heterocycles. The molecule has 6 nitrogen and oxygen atoms in total. The van der Waals surface area contributed by atoms with Crippen LogP contribution in [-0.2, 0) is 4.79 Å². The molecule has 0 spiro atoms. The third-order valence-corrected chi connectivity index (χ3v) is 10.1. The first-order chi connectivity index (χ1) is 25.0. The molecule has 0 aliphatic heterocycles. The predicted molar refractivity (Wildman–Crippen MR) is 219 cm³/mol. The fraction of sp³-hybridized carbons (Fsp3) is 0.844. The van der Waals surface area contributed by atoms with E-state index in [0.29, 0.717) is 19.3 Å². The molecule has 5 N–H and O–H groups in total. The Balaban J connectivity index is 3.84. The highest BCUT2D eigenvalue weighted by molar-refractivity contribution is 5.80. The molecule has 51 heavy (non-hydrogen) atoms. The molecule has 4 atom stereocenters.